The summed E-state index contributed by atoms with van der Waals surface area (Å²) in [5.74, 6) is 0.926. The highest BCUT2D eigenvalue weighted by Crippen LogP contribution is 2.57. The van der Waals surface area contributed by atoms with Crippen molar-refractivity contribution in [1.82, 2.24) is 0 Å². The molecular weight excluding hydrogens is 662 g/mol. The van der Waals surface area contributed by atoms with Crippen molar-refractivity contribution in [3.8, 4) is 0 Å². The first-order valence-corrected chi connectivity index (χ1v) is 20.8. The molecule has 10 fully saturated rings. The van der Waals surface area contributed by atoms with Crippen molar-refractivity contribution in [2.24, 2.45) is 29.4 Å². The van der Waals surface area contributed by atoms with Crippen LogP contribution in [0.5, 0.6) is 0 Å². The molecule has 1 spiro atoms. The fraction of sp³-hybridized carbons (Fsp3) is 0.881. The Kier molecular flexibility index (Phi) is 10.1. The summed E-state index contributed by atoms with van der Waals surface area (Å²) in [6.07, 6.45) is 10.7. The second-order valence-corrected chi connectivity index (χ2v) is 18.4. The van der Waals surface area contributed by atoms with Crippen LogP contribution in [0.2, 0.25) is 0 Å². The highest BCUT2D eigenvalue weighted by molar-refractivity contribution is 5.79. The topological polar surface area (TPSA) is 117 Å². The van der Waals surface area contributed by atoms with Crippen molar-refractivity contribution in [2.75, 3.05) is 13.7 Å². The van der Waals surface area contributed by atoms with Crippen LogP contribution in [0.25, 0.3) is 0 Å². The Bertz CT molecular complexity index is 1370. The van der Waals surface area contributed by atoms with Gasteiger partial charge in [-0.2, -0.15) is 0 Å². The van der Waals surface area contributed by atoms with Gasteiger partial charge in [-0.25, -0.2) is 0 Å². The molecule has 52 heavy (non-hydrogen) atoms. The zero-order chi connectivity index (χ0) is 35.9. The molecule has 10 saturated heterocycles. The normalized spacial score (nSPS) is 52.4. The number of ketones is 1. The molecule has 0 saturated carbocycles. The molecule has 10 nitrogen and oxygen atoms in total. The van der Waals surface area contributed by atoms with E-state index in [0.717, 1.165) is 76.2 Å². The van der Waals surface area contributed by atoms with Crippen LogP contribution in [0.1, 0.15) is 104 Å². The van der Waals surface area contributed by atoms with Gasteiger partial charge in [0.05, 0.1) is 78.8 Å². The number of carbonyl (C=O) groups excluding carboxylic acids is 1. The van der Waals surface area contributed by atoms with Crippen LogP contribution in [0.3, 0.4) is 0 Å². The summed E-state index contributed by atoms with van der Waals surface area (Å²) >= 11 is 0. The van der Waals surface area contributed by atoms with Gasteiger partial charge in [0.15, 0.2) is 0 Å². The predicted octanol–water partition coefficient (Wildman–Crippen LogP) is 5.38. The van der Waals surface area contributed by atoms with Crippen molar-refractivity contribution in [3.05, 3.63) is 24.3 Å². The molecule has 290 valence electrons. The highest BCUT2D eigenvalue weighted by Gasteiger charge is 2.67. The van der Waals surface area contributed by atoms with Gasteiger partial charge in [0.1, 0.15) is 18.0 Å². The quantitative estimate of drug-likeness (QED) is 0.379. The Morgan fingerprint density at radius 2 is 1.58 bits per heavy atom. The van der Waals surface area contributed by atoms with Gasteiger partial charge in [-0.1, -0.05) is 27.0 Å². The molecule has 0 aromatic rings. The minimum absolute atomic E-state index is 0.0123. The lowest BCUT2D eigenvalue weighted by molar-refractivity contribution is -0.237. The molecule has 10 rings (SSSR count). The molecule has 0 amide bonds. The van der Waals surface area contributed by atoms with Crippen molar-refractivity contribution in [2.45, 2.75) is 195 Å². The van der Waals surface area contributed by atoms with E-state index in [1.54, 1.807) is 7.11 Å². The largest absolute Gasteiger partial charge is 0.378 e. The Hall–Kier alpha value is -1.21. The number of methoxy groups -OCH3 is 1. The summed E-state index contributed by atoms with van der Waals surface area (Å²) in [5.41, 5.74) is 8.13. The summed E-state index contributed by atoms with van der Waals surface area (Å²) < 4.78 is 54.1. The van der Waals surface area contributed by atoms with E-state index in [2.05, 4.69) is 27.0 Å². The first-order chi connectivity index (χ1) is 25.1. The summed E-state index contributed by atoms with van der Waals surface area (Å²) in [6.45, 7) is 14.0. The molecule has 10 heterocycles. The molecule has 10 aliphatic rings. The summed E-state index contributed by atoms with van der Waals surface area (Å²) in [4.78, 5) is 14.1. The maximum Gasteiger partial charge on any atom is 0.135 e. The molecule has 1 unspecified atom stereocenters. The first-order valence-electron chi connectivity index (χ1n) is 20.8. The molecule has 19 atom stereocenters. The third-order valence-electron chi connectivity index (χ3n) is 14.9. The Balaban J connectivity index is 0.994. The Morgan fingerprint density at radius 3 is 2.40 bits per heavy atom. The lowest BCUT2D eigenvalue weighted by Gasteiger charge is -2.48. The summed E-state index contributed by atoms with van der Waals surface area (Å²) in [6, 6.07) is 0. The van der Waals surface area contributed by atoms with E-state index in [4.69, 9.17) is 43.6 Å². The molecule has 2 N–H and O–H groups in total. The van der Waals surface area contributed by atoms with Crippen molar-refractivity contribution >= 4 is 5.78 Å². The van der Waals surface area contributed by atoms with Crippen LogP contribution in [-0.4, -0.2) is 110 Å². The van der Waals surface area contributed by atoms with E-state index in [-0.39, 0.29) is 115 Å². The predicted molar refractivity (Wildman–Crippen MR) is 193 cm³/mol. The monoisotopic (exact) mass is 725 g/mol. The van der Waals surface area contributed by atoms with Crippen LogP contribution in [0, 0.1) is 23.7 Å². The van der Waals surface area contributed by atoms with Gasteiger partial charge in [-0.05, 0) is 93.7 Å². The highest BCUT2D eigenvalue weighted by atomic mass is 16.6. The minimum Gasteiger partial charge on any atom is -0.378 e. The number of Topliss-reactive ketones (excluding diaryl/α,β-unsaturated/α-hetero) is 1. The van der Waals surface area contributed by atoms with Gasteiger partial charge in [-0.3, -0.25) is 4.79 Å². The lowest BCUT2D eigenvalue weighted by Crippen LogP contribution is -2.58. The zero-order valence-electron chi connectivity index (χ0n) is 31.7. The van der Waals surface area contributed by atoms with E-state index in [1.165, 1.54) is 5.57 Å². The van der Waals surface area contributed by atoms with Crippen LogP contribution in [-0.2, 0) is 42.7 Å². The van der Waals surface area contributed by atoms with Crippen LogP contribution in [0.4, 0.5) is 0 Å². The minimum atomic E-state index is -0.262. The van der Waals surface area contributed by atoms with Gasteiger partial charge in [-0.15, -0.1) is 0 Å². The van der Waals surface area contributed by atoms with Crippen LogP contribution in [0.15, 0.2) is 24.3 Å². The number of rotatable bonds is 4. The molecule has 0 aromatic carbocycles. The van der Waals surface area contributed by atoms with E-state index in [1.807, 2.05) is 0 Å². The number of ether oxygens (including phenoxy) is 8. The maximum absolute atomic E-state index is 14.1. The number of hydrogen-bond acceptors (Lipinski definition) is 10. The smallest absolute Gasteiger partial charge is 0.135 e. The van der Waals surface area contributed by atoms with Gasteiger partial charge < -0.3 is 43.6 Å². The van der Waals surface area contributed by atoms with Crippen molar-refractivity contribution in [1.29, 1.82) is 0 Å². The molecule has 10 heteroatoms. The molecule has 12 bridgehead atoms. The third kappa shape index (κ3) is 6.61. The summed E-state index contributed by atoms with van der Waals surface area (Å²) in [5, 5.41) is 0. The van der Waals surface area contributed by atoms with Gasteiger partial charge in [0, 0.05) is 44.6 Å². The van der Waals surface area contributed by atoms with E-state index < -0.39 is 0 Å². The number of fused-ring (bicyclic) bond motifs is 6. The Morgan fingerprint density at radius 1 is 0.788 bits per heavy atom. The number of carbonyl (C=O) groups is 1. The van der Waals surface area contributed by atoms with Gasteiger partial charge in [0.2, 0.25) is 0 Å². The summed E-state index contributed by atoms with van der Waals surface area (Å²) in [7, 11) is 1.75. The molecule has 10 aliphatic heterocycles. The second-order valence-electron chi connectivity index (χ2n) is 18.4. The fourth-order valence-corrected chi connectivity index (χ4v) is 12.1. The molecular formula is C42H63NO9. The average molecular weight is 726 g/mol. The number of nitrogens with two attached hydrogens (primary N) is 1. The maximum atomic E-state index is 14.1. The molecule has 0 aliphatic carbocycles. The fourth-order valence-electron chi connectivity index (χ4n) is 12.1. The second kappa shape index (κ2) is 14.4. The average Bonchev–Trinajstić information content (AvgIpc) is 3.79. The number of hydrogen-bond donors (Lipinski definition) is 1. The van der Waals surface area contributed by atoms with E-state index in [0.29, 0.717) is 31.7 Å². The van der Waals surface area contributed by atoms with Crippen molar-refractivity contribution in [3.63, 3.8) is 0 Å². The zero-order valence-corrected chi connectivity index (χ0v) is 31.7. The van der Waals surface area contributed by atoms with Crippen LogP contribution >= 0.6 is 0 Å². The molecule has 0 radical (unpaired) electrons. The molecule has 0 aromatic heterocycles. The van der Waals surface area contributed by atoms with E-state index >= 15 is 0 Å². The SMILES string of the molecule is C=C1C[C@@H]2CC[C@@]34C[C@H]5[C@H]6O[C@H](CC[C@@H]6O[C@H]6[C@@H](O3)[C@@H](C4)O[C@@H]56)CC(=O)C[C@@H]3[C@@H](OC)[C@@H](CC(C)CN)O[C@H]3C[C@H]3O[C@@H](CC[C@@H]1O2)C[C@@H](C)C3=C. The Labute approximate surface area is 310 Å². The van der Waals surface area contributed by atoms with Crippen molar-refractivity contribution < 1.29 is 42.7 Å². The van der Waals surface area contributed by atoms with Gasteiger partial charge >= 0.3 is 0 Å². The van der Waals surface area contributed by atoms with E-state index in [9.17, 15) is 4.79 Å². The van der Waals surface area contributed by atoms with Crippen LogP contribution < -0.4 is 5.73 Å². The standard InChI is InChI=1S/C42H63NO9/c1-21(20-43)12-35-37(45-5)29-16-25(44)15-27-7-9-32-38(48-27)30-18-42(19-36-40(52-42)41(50-32)39(30)51-36)11-10-28-14-23(3)31(46-28)8-6-26-13-22(2)24(4)33(47-26)17-34(29)49-35/h21-22,26-41H,3-4,6-20,43H2,1-2,5H3/t21?,22-,26+,27-,28+,29+,30+,31+,32+,33-,34+,35-,36-,37-,38-,39+,40+,41-,42+/m1/s1. The first kappa shape index (κ1) is 36.4. The van der Waals surface area contributed by atoms with Gasteiger partial charge in [0.25, 0.3) is 0 Å². The lowest BCUT2D eigenvalue weighted by atomic mass is 9.73. The third-order valence-corrected chi connectivity index (χ3v) is 14.9.